The van der Waals surface area contributed by atoms with E-state index in [9.17, 15) is 19.8 Å². The Bertz CT molecular complexity index is 914. The van der Waals surface area contributed by atoms with E-state index in [1.807, 2.05) is 0 Å². The molecule has 1 aromatic heterocycles. The molecule has 1 aliphatic heterocycles. The van der Waals surface area contributed by atoms with Crippen LogP contribution in [0.1, 0.15) is 19.6 Å². The van der Waals surface area contributed by atoms with Crippen molar-refractivity contribution in [3.63, 3.8) is 0 Å². The second-order valence-corrected chi connectivity index (χ2v) is 9.05. The van der Waals surface area contributed by atoms with Crippen LogP contribution in [0.15, 0.2) is 17.1 Å². The van der Waals surface area contributed by atoms with Crippen molar-refractivity contribution in [2.75, 3.05) is 12.3 Å². The second kappa shape index (κ2) is 17.0. The number of phosphoric acid groups is 2. The highest BCUT2D eigenvalue weighted by Gasteiger charge is 2.43. The van der Waals surface area contributed by atoms with Crippen molar-refractivity contribution in [2.24, 2.45) is 0 Å². The third-order valence-electron chi connectivity index (χ3n) is 3.87. The predicted octanol–water partition coefficient (Wildman–Crippen LogP) is -5.74. The summed E-state index contributed by atoms with van der Waals surface area (Å²) < 4.78 is 24.0. The van der Waals surface area contributed by atoms with Crippen LogP contribution in [0.5, 0.6) is 0 Å². The van der Waals surface area contributed by atoms with Gasteiger partial charge in [-0.3, -0.25) is 4.57 Å². The van der Waals surface area contributed by atoms with Gasteiger partial charge in [-0.05, 0) is 13.0 Å². The first-order chi connectivity index (χ1) is 16.6. The SMILES string of the molecule is CC(O)C(O)C(O)CC=O.Nc1ccn([C@@H]2O[C@H](CO)[C@@H](O)[C@H]2O)c(=O)n1.O=P(O)(O)O.O=P(O)(O)O. The maximum Gasteiger partial charge on any atom is 0.466 e. The molecule has 0 bridgehead atoms. The summed E-state index contributed by atoms with van der Waals surface area (Å²) in [7, 11) is -9.28. The molecule has 37 heavy (non-hydrogen) atoms. The first-order valence-electron chi connectivity index (χ1n) is 9.65. The summed E-state index contributed by atoms with van der Waals surface area (Å²) in [5.41, 5.74) is 4.63. The first kappa shape index (κ1) is 37.4. The fourth-order valence-electron chi connectivity index (χ4n) is 2.29. The van der Waals surface area contributed by atoms with Gasteiger partial charge in [0.25, 0.3) is 0 Å². The van der Waals surface area contributed by atoms with Crippen molar-refractivity contribution >= 4 is 27.7 Å². The molecular formula is C15H31N3O17P2. The zero-order valence-electron chi connectivity index (χ0n) is 19.0. The van der Waals surface area contributed by atoms with Gasteiger partial charge >= 0.3 is 21.3 Å². The average Bonchev–Trinajstić information content (AvgIpc) is 2.99. The fourth-order valence-corrected chi connectivity index (χ4v) is 2.29. The van der Waals surface area contributed by atoms with Crippen LogP contribution < -0.4 is 11.4 Å². The van der Waals surface area contributed by atoms with E-state index in [1.54, 1.807) is 0 Å². The van der Waals surface area contributed by atoms with Crippen LogP contribution in [0.4, 0.5) is 5.82 Å². The number of hydrogen-bond acceptors (Lipinski definition) is 13. The van der Waals surface area contributed by atoms with Crippen molar-refractivity contribution in [1.82, 2.24) is 9.55 Å². The van der Waals surface area contributed by atoms with Crippen molar-refractivity contribution < 1.29 is 78.7 Å². The molecule has 2 rings (SSSR count). The number of rotatable bonds is 6. The summed E-state index contributed by atoms with van der Waals surface area (Å²) in [6.07, 6.45) is -6.31. The number of hydrogen-bond donors (Lipinski definition) is 13. The van der Waals surface area contributed by atoms with Crippen molar-refractivity contribution in [1.29, 1.82) is 0 Å². The van der Waals surface area contributed by atoms with E-state index in [0.717, 1.165) is 4.57 Å². The van der Waals surface area contributed by atoms with Crippen molar-refractivity contribution in [3.8, 4) is 0 Å². The van der Waals surface area contributed by atoms with Crippen molar-refractivity contribution in [2.45, 2.75) is 56.2 Å². The average molecular weight is 587 g/mol. The van der Waals surface area contributed by atoms with Gasteiger partial charge in [-0.15, -0.1) is 0 Å². The highest BCUT2D eigenvalue weighted by molar-refractivity contribution is 7.45. The van der Waals surface area contributed by atoms with Gasteiger partial charge in [-0.2, -0.15) is 4.98 Å². The molecule has 7 atom stereocenters. The minimum atomic E-state index is -4.64. The van der Waals surface area contributed by atoms with E-state index >= 15 is 0 Å². The lowest BCUT2D eigenvalue weighted by molar-refractivity contribution is -0.113. The Morgan fingerprint density at radius 3 is 1.86 bits per heavy atom. The van der Waals surface area contributed by atoms with Gasteiger partial charge < -0.3 is 75.3 Å². The molecule has 3 unspecified atom stereocenters. The standard InChI is InChI=1S/C9H13N3O5.C6H12O4.2H3O4P/c10-5-1-2-12(9(16)11-5)8-7(15)6(14)4(3-13)17-8;1-4(8)6(10)5(9)2-3-7;2*1-5(2,3)4/h1-2,4,6-8,13-15H,3H2,(H2,10,11,16);3-6,8-10H,2H2,1H3;2*(H3,1,2,3,4)/t4-,6-,7-,8-;;;/m1.../s1. The van der Waals surface area contributed by atoms with Gasteiger partial charge in [0.05, 0.1) is 18.8 Å². The highest BCUT2D eigenvalue weighted by Crippen LogP contribution is 2.28. The molecular weight excluding hydrogens is 556 g/mol. The summed E-state index contributed by atoms with van der Waals surface area (Å²) in [5, 5.41) is 54.6. The molecule has 1 aromatic rings. The molecule has 14 N–H and O–H groups in total. The number of carbonyl (C=O) groups is 1. The number of nitrogens with two attached hydrogens (primary N) is 1. The molecule has 0 spiro atoms. The lowest BCUT2D eigenvalue weighted by Gasteiger charge is -2.17. The molecule has 22 heteroatoms. The summed E-state index contributed by atoms with van der Waals surface area (Å²) in [4.78, 5) is 67.9. The van der Waals surface area contributed by atoms with Gasteiger partial charge in [0.15, 0.2) is 6.23 Å². The molecule has 1 fully saturated rings. The van der Waals surface area contributed by atoms with Crippen LogP contribution in [0, 0.1) is 0 Å². The molecule has 0 amide bonds. The number of ether oxygens (including phenoxy) is 1. The molecule has 1 saturated heterocycles. The number of aliphatic hydroxyl groups is 6. The summed E-state index contributed by atoms with van der Waals surface area (Å²) in [6.45, 7) is 0.893. The zero-order valence-corrected chi connectivity index (χ0v) is 20.8. The fraction of sp³-hybridized carbons (Fsp3) is 0.667. The van der Waals surface area contributed by atoms with Crippen LogP contribution in [-0.2, 0) is 18.7 Å². The second-order valence-electron chi connectivity index (χ2n) is 7.00. The van der Waals surface area contributed by atoms with E-state index in [0.29, 0.717) is 6.29 Å². The van der Waals surface area contributed by atoms with Crippen molar-refractivity contribution in [3.05, 3.63) is 22.7 Å². The number of aliphatic hydroxyl groups excluding tert-OH is 6. The van der Waals surface area contributed by atoms with Gasteiger partial charge in [0.2, 0.25) is 0 Å². The summed E-state index contributed by atoms with van der Waals surface area (Å²) in [5.74, 6) is 0.0537. The molecule has 2 heterocycles. The maximum atomic E-state index is 11.5. The van der Waals surface area contributed by atoms with E-state index in [2.05, 4.69) is 4.98 Å². The third kappa shape index (κ3) is 18.2. The third-order valence-corrected chi connectivity index (χ3v) is 3.87. The molecule has 0 saturated carbocycles. The predicted molar refractivity (Wildman–Crippen MR) is 119 cm³/mol. The van der Waals surface area contributed by atoms with Crippen LogP contribution in [0.2, 0.25) is 0 Å². The summed E-state index contributed by atoms with van der Waals surface area (Å²) in [6, 6.07) is 1.37. The molecule has 0 aliphatic carbocycles. The van der Waals surface area contributed by atoms with Gasteiger partial charge in [0.1, 0.15) is 36.5 Å². The zero-order chi connectivity index (χ0) is 29.7. The number of aldehydes is 1. The normalized spacial score (nSPS) is 23.6. The quantitative estimate of drug-likeness (QED) is 0.109. The van der Waals surface area contributed by atoms with Crippen LogP contribution in [0.3, 0.4) is 0 Å². The number of anilines is 1. The van der Waals surface area contributed by atoms with Gasteiger partial charge in [-0.25, -0.2) is 13.9 Å². The molecule has 20 nitrogen and oxygen atoms in total. The van der Waals surface area contributed by atoms with Crippen LogP contribution >= 0.6 is 15.6 Å². The Hall–Kier alpha value is -1.71. The number of nitrogens with zero attached hydrogens (tertiary/aromatic N) is 2. The molecule has 218 valence electrons. The number of nitrogen functional groups attached to an aromatic ring is 1. The largest absolute Gasteiger partial charge is 0.466 e. The number of aromatic nitrogens is 2. The van der Waals surface area contributed by atoms with Crippen LogP contribution in [-0.4, -0.2) is 119 Å². The maximum absolute atomic E-state index is 11.5. The Morgan fingerprint density at radius 1 is 1.08 bits per heavy atom. The Kier molecular flexibility index (Phi) is 17.2. The smallest absolute Gasteiger partial charge is 0.394 e. The van der Waals surface area contributed by atoms with E-state index < -0.39 is 70.8 Å². The Labute approximate surface area is 208 Å². The summed E-state index contributed by atoms with van der Waals surface area (Å²) >= 11 is 0. The van der Waals surface area contributed by atoms with Gasteiger partial charge in [0, 0.05) is 12.6 Å². The van der Waals surface area contributed by atoms with E-state index in [-0.39, 0.29) is 12.2 Å². The Balaban J connectivity index is 0. The lowest BCUT2D eigenvalue weighted by Crippen LogP contribution is -2.36. The first-order valence-corrected chi connectivity index (χ1v) is 12.8. The van der Waals surface area contributed by atoms with Gasteiger partial charge in [-0.1, -0.05) is 0 Å². The Morgan fingerprint density at radius 2 is 1.54 bits per heavy atom. The van der Waals surface area contributed by atoms with E-state index in [4.69, 9.17) is 69.4 Å². The lowest BCUT2D eigenvalue weighted by atomic mass is 10.1. The molecule has 0 radical (unpaired) electrons. The highest BCUT2D eigenvalue weighted by atomic mass is 31.2. The minimum Gasteiger partial charge on any atom is -0.394 e. The topological polar surface area (TPSA) is 364 Å². The molecule has 1 aliphatic rings. The minimum absolute atomic E-state index is 0.0537. The molecule has 0 aromatic carbocycles. The van der Waals surface area contributed by atoms with Crippen LogP contribution in [0.25, 0.3) is 0 Å². The van der Waals surface area contributed by atoms with E-state index in [1.165, 1.54) is 19.2 Å². The number of carbonyl (C=O) groups excluding carboxylic acids is 1. The monoisotopic (exact) mass is 587 g/mol.